The van der Waals surface area contributed by atoms with E-state index in [-0.39, 0.29) is 16.7 Å². The molecule has 2 heterocycles. The van der Waals surface area contributed by atoms with E-state index < -0.39 is 0 Å². The van der Waals surface area contributed by atoms with Crippen LogP contribution in [0.2, 0.25) is 5.15 Å². The Bertz CT molecular complexity index is 1430. The highest BCUT2D eigenvalue weighted by molar-refractivity contribution is 7.98. The van der Waals surface area contributed by atoms with Gasteiger partial charge >= 0.3 is 0 Å². The Hall–Kier alpha value is -2.81. The summed E-state index contributed by atoms with van der Waals surface area (Å²) in [5.41, 5.74) is 4.46. The quantitative estimate of drug-likeness (QED) is 0.0767. The van der Waals surface area contributed by atoms with E-state index in [1.807, 2.05) is 24.3 Å². The number of anilines is 1. The number of nitrogens with zero attached hydrogens (tertiary/aromatic N) is 3. The fourth-order valence-electron chi connectivity index (χ4n) is 5.07. The van der Waals surface area contributed by atoms with Gasteiger partial charge in [0.05, 0.1) is 19.8 Å². The van der Waals surface area contributed by atoms with Crippen LogP contribution in [0, 0.1) is 0 Å². The predicted molar refractivity (Wildman–Crippen MR) is 186 cm³/mol. The summed E-state index contributed by atoms with van der Waals surface area (Å²) in [7, 11) is 0. The van der Waals surface area contributed by atoms with Gasteiger partial charge in [-0.1, -0.05) is 89.2 Å². The van der Waals surface area contributed by atoms with E-state index in [4.69, 9.17) is 26.1 Å². The third kappa shape index (κ3) is 9.84. The maximum absolute atomic E-state index is 12.9. The van der Waals surface area contributed by atoms with Gasteiger partial charge in [-0.25, -0.2) is 9.97 Å². The van der Waals surface area contributed by atoms with Crippen LogP contribution in [0.25, 0.3) is 0 Å². The minimum Gasteiger partial charge on any atom is -0.493 e. The molecule has 0 unspecified atom stereocenters. The van der Waals surface area contributed by atoms with Gasteiger partial charge in [-0.15, -0.1) is 0 Å². The number of morpholine rings is 1. The van der Waals surface area contributed by atoms with Gasteiger partial charge in [0, 0.05) is 42.6 Å². The first-order valence-corrected chi connectivity index (χ1v) is 17.5. The van der Waals surface area contributed by atoms with Gasteiger partial charge in [0.25, 0.3) is 5.91 Å². The zero-order chi connectivity index (χ0) is 32.5. The van der Waals surface area contributed by atoms with Crippen molar-refractivity contribution in [3.05, 3.63) is 75.9 Å². The Balaban J connectivity index is 1.25. The van der Waals surface area contributed by atoms with Crippen molar-refractivity contribution < 1.29 is 14.3 Å². The molecule has 1 fully saturated rings. The predicted octanol–water partition coefficient (Wildman–Crippen LogP) is 8.22. The highest BCUT2D eigenvalue weighted by Crippen LogP contribution is 2.38. The lowest BCUT2D eigenvalue weighted by Crippen LogP contribution is -2.36. The van der Waals surface area contributed by atoms with Crippen LogP contribution in [-0.2, 0) is 21.3 Å². The van der Waals surface area contributed by atoms with E-state index in [2.05, 4.69) is 74.9 Å². The number of thioether (sulfide) groups is 1. The van der Waals surface area contributed by atoms with Crippen molar-refractivity contribution in [2.24, 2.45) is 0 Å². The average molecular weight is 653 g/mol. The normalized spacial score (nSPS) is 14.0. The summed E-state index contributed by atoms with van der Waals surface area (Å²) in [5.74, 6) is 2.35. The van der Waals surface area contributed by atoms with Crippen LogP contribution in [0.5, 0.6) is 5.75 Å². The number of hydrogen-bond acceptors (Lipinski definition) is 7. The number of ether oxygens (including phenoxy) is 2. The fraction of sp³-hybridized carbons (Fsp3) is 0.528. The molecule has 0 saturated carbocycles. The molecule has 2 aromatic carbocycles. The van der Waals surface area contributed by atoms with Crippen molar-refractivity contribution in [2.45, 2.75) is 89.0 Å². The Kier molecular flexibility index (Phi) is 12.6. The molecule has 45 heavy (non-hydrogen) atoms. The number of amides is 1. The van der Waals surface area contributed by atoms with Crippen LogP contribution in [0.1, 0.15) is 94.3 Å². The fourth-order valence-corrected chi connectivity index (χ4v) is 6.09. The minimum absolute atomic E-state index is 0.0310. The summed E-state index contributed by atoms with van der Waals surface area (Å²) >= 11 is 7.81. The molecule has 0 radical (unpaired) electrons. The van der Waals surface area contributed by atoms with E-state index >= 15 is 0 Å². The second-order valence-corrected chi connectivity index (χ2v) is 14.2. The van der Waals surface area contributed by atoms with E-state index in [1.54, 1.807) is 6.07 Å². The number of benzene rings is 2. The van der Waals surface area contributed by atoms with Gasteiger partial charge in [0.1, 0.15) is 16.7 Å². The van der Waals surface area contributed by atoms with Crippen LogP contribution < -0.4 is 15.0 Å². The highest BCUT2D eigenvalue weighted by atomic mass is 35.5. The van der Waals surface area contributed by atoms with Crippen molar-refractivity contribution in [3.8, 4) is 5.75 Å². The lowest BCUT2D eigenvalue weighted by atomic mass is 9.76. The van der Waals surface area contributed by atoms with Crippen LogP contribution >= 0.6 is 23.4 Å². The maximum atomic E-state index is 12.9. The standard InChI is InChI=1S/C36H49ClN4O3S/c1-7-35(3,4)28-14-15-30(29(23-28)36(5,6)8-2)44-19-10-9-16-38-33(42)27-13-11-12-26(22-27)25-45-34-39-31(37)24-32(40-34)41-17-20-43-21-18-41/h11-15,22-24H,7-10,16-21,25H2,1-6H3,(H,38,42). The number of hydrogen-bond donors (Lipinski definition) is 1. The van der Waals surface area contributed by atoms with Gasteiger partial charge in [-0.2, -0.15) is 0 Å². The molecule has 1 saturated heterocycles. The topological polar surface area (TPSA) is 76.6 Å². The monoisotopic (exact) mass is 652 g/mol. The molecule has 1 N–H and O–H groups in total. The number of aromatic nitrogens is 2. The van der Waals surface area contributed by atoms with Crippen LogP contribution in [0.3, 0.4) is 0 Å². The number of carbonyl (C=O) groups is 1. The zero-order valence-corrected chi connectivity index (χ0v) is 29.3. The second-order valence-electron chi connectivity index (χ2n) is 12.9. The van der Waals surface area contributed by atoms with Gasteiger partial charge in [0.15, 0.2) is 5.16 Å². The molecular formula is C36H49ClN4O3S. The minimum atomic E-state index is -0.0718. The summed E-state index contributed by atoms with van der Waals surface area (Å²) in [6.45, 7) is 17.8. The van der Waals surface area contributed by atoms with Crippen molar-refractivity contribution >= 4 is 35.1 Å². The first-order valence-electron chi connectivity index (χ1n) is 16.2. The zero-order valence-electron chi connectivity index (χ0n) is 27.7. The smallest absolute Gasteiger partial charge is 0.251 e. The molecule has 0 aliphatic carbocycles. The Labute approximate surface area is 278 Å². The Morgan fingerprint density at radius 1 is 1.00 bits per heavy atom. The second kappa shape index (κ2) is 16.1. The molecule has 1 aliphatic heterocycles. The third-order valence-corrected chi connectivity index (χ3v) is 10.0. The average Bonchev–Trinajstić information content (AvgIpc) is 3.05. The van der Waals surface area contributed by atoms with Crippen molar-refractivity contribution in [3.63, 3.8) is 0 Å². The van der Waals surface area contributed by atoms with Crippen molar-refractivity contribution in [1.82, 2.24) is 15.3 Å². The number of carbonyl (C=O) groups excluding carboxylic acids is 1. The molecule has 7 nitrogen and oxygen atoms in total. The summed E-state index contributed by atoms with van der Waals surface area (Å²) < 4.78 is 11.8. The highest BCUT2D eigenvalue weighted by Gasteiger charge is 2.26. The third-order valence-electron chi connectivity index (χ3n) is 8.93. The summed E-state index contributed by atoms with van der Waals surface area (Å²) in [5, 5.41) is 4.11. The van der Waals surface area contributed by atoms with E-state index in [1.165, 1.54) is 22.9 Å². The summed E-state index contributed by atoms with van der Waals surface area (Å²) in [6.07, 6.45) is 3.82. The SMILES string of the molecule is CCC(C)(C)c1ccc(OCCCCNC(=O)c2cccc(CSc3nc(Cl)cc(N4CCOCC4)n3)c2)c(C(C)(C)CC)c1. The molecule has 244 valence electrons. The molecule has 9 heteroatoms. The van der Waals surface area contributed by atoms with Crippen LogP contribution in [-0.4, -0.2) is 55.3 Å². The molecule has 0 atom stereocenters. The van der Waals surface area contributed by atoms with Crippen LogP contribution in [0.4, 0.5) is 5.82 Å². The van der Waals surface area contributed by atoms with Gasteiger partial charge in [-0.3, -0.25) is 4.79 Å². The number of halogens is 1. The Morgan fingerprint density at radius 3 is 2.49 bits per heavy atom. The molecule has 1 aliphatic rings. The maximum Gasteiger partial charge on any atom is 0.251 e. The number of rotatable bonds is 15. The number of nitrogens with one attached hydrogen (secondary N) is 1. The van der Waals surface area contributed by atoms with E-state index in [0.29, 0.717) is 48.0 Å². The van der Waals surface area contributed by atoms with Gasteiger partial charge in [-0.05, 0) is 65.8 Å². The van der Waals surface area contributed by atoms with Crippen molar-refractivity contribution in [1.29, 1.82) is 0 Å². The first kappa shape index (κ1) is 35.1. The molecule has 0 bridgehead atoms. The molecule has 3 aromatic rings. The molecule has 1 aromatic heterocycles. The molecule has 1 amide bonds. The molecule has 4 rings (SSSR count). The summed E-state index contributed by atoms with van der Waals surface area (Å²) in [4.78, 5) is 24.2. The molecular weight excluding hydrogens is 604 g/mol. The van der Waals surface area contributed by atoms with E-state index in [9.17, 15) is 4.79 Å². The van der Waals surface area contributed by atoms with Gasteiger partial charge < -0.3 is 19.7 Å². The van der Waals surface area contributed by atoms with Crippen LogP contribution in [0.15, 0.2) is 53.7 Å². The lowest BCUT2D eigenvalue weighted by Gasteiger charge is -2.30. The van der Waals surface area contributed by atoms with Crippen molar-refractivity contribution in [2.75, 3.05) is 44.4 Å². The molecule has 0 spiro atoms. The number of unbranched alkanes of at least 4 members (excludes halogenated alkanes) is 1. The van der Waals surface area contributed by atoms with Gasteiger partial charge in [0.2, 0.25) is 0 Å². The largest absolute Gasteiger partial charge is 0.493 e. The lowest BCUT2D eigenvalue weighted by molar-refractivity contribution is 0.0952. The first-order chi connectivity index (χ1) is 21.5. The Morgan fingerprint density at radius 2 is 1.76 bits per heavy atom. The van der Waals surface area contributed by atoms with E-state index in [0.717, 1.165) is 55.9 Å². The summed E-state index contributed by atoms with van der Waals surface area (Å²) in [6, 6.07) is 16.2.